The van der Waals surface area contributed by atoms with Crippen molar-refractivity contribution in [2.24, 2.45) is 0 Å². The van der Waals surface area contributed by atoms with Crippen molar-refractivity contribution >= 4 is 10.0 Å². The third-order valence-corrected chi connectivity index (χ3v) is 4.37. The van der Waals surface area contributed by atoms with E-state index in [1.807, 2.05) is 25.1 Å². The Morgan fingerprint density at radius 1 is 1.10 bits per heavy atom. The molecule has 0 aliphatic heterocycles. The van der Waals surface area contributed by atoms with E-state index >= 15 is 0 Å². The molecule has 0 radical (unpaired) electrons. The molecule has 112 valence electrons. The largest absolute Gasteiger partial charge is 0.492 e. The summed E-state index contributed by atoms with van der Waals surface area (Å²) in [5.41, 5.74) is 0.967. The quantitative estimate of drug-likeness (QED) is 0.834. The van der Waals surface area contributed by atoms with E-state index in [-0.39, 0.29) is 18.0 Å². The molecule has 0 bridgehead atoms. The zero-order valence-corrected chi connectivity index (χ0v) is 12.4. The molecule has 0 atom stereocenters. The van der Waals surface area contributed by atoms with Gasteiger partial charge in [0, 0.05) is 6.54 Å². The summed E-state index contributed by atoms with van der Waals surface area (Å²) in [5, 5.41) is 0. The van der Waals surface area contributed by atoms with E-state index in [0.29, 0.717) is 5.75 Å². The highest BCUT2D eigenvalue weighted by atomic mass is 32.2. The number of hydrogen-bond acceptors (Lipinski definition) is 3. The second-order valence-electron chi connectivity index (χ2n) is 4.44. The molecule has 2 aromatic carbocycles. The first-order valence-electron chi connectivity index (χ1n) is 6.43. The predicted molar refractivity (Wildman–Crippen MR) is 78.3 cm³/mol. The number of aryl methyl sites for hydroxylation is 1. The van der Waals surface area contributed by atoms with Gasteiger partial charge in [0.05, 0.1) is 0 Å². The van der Waals surface area contributed by atoms with Crippen molar-refractivity contribution < 1.29 is 17.5 Å². The van der Waals surface area contributed by atoms with Gasteiger partial charge in [-0.1, -0.05) is 30.3 Å². The maximum atomic E-state index is 13.5. The number of halogens is 1. The van der Waals surface area contributed by atoms with Gasteiger partial charge in [0.1, 0.15) is 23.1 Å². The maximum Gasteiger partial charge on any atom is 0.243 e. The molecule has 0 unspecified atom stereocenters. The van der Waals surface area contributed by atoms with Gasteiger partial charge < -0.3 is 4.74 Å². The van der Waals surface area contributed by atoms with Crippen LogP contribution in [0.25, 0.3) is 0 Å². The Labute approximate surface area is 123 Å². The summed E-state index contributed by atoms with van der Waals surface area (Å²) < 4.78 is 45.1. The first kappa shape index (κ1) is 15.5. The van der Waals surface area contributed by atoms with Gasteiger partial charge in [-0.15, -0.1) is 0 Å². The molecule has 4 nitrogen and oxygen atoms in total. The molecule has 0 heterocycles. The van der Waals surface area contributed by atoms with Crippen LogP contribution in [0.15, 0.2) is 53.4 Å². The fraction of sp³-hybridized carbons (Fsp3) is 0.200. The number of rotatable bonds is 6. The molecule has 0 aliphatic carbocycles. The molecule has 0 aromatic heterocycles. The summed E-state index contributed by atoms with van der Waals surface area (Å²) in [6.07, 6.45) is 0. The molecular formula is C15H16FNO3S. The van der Waals surface area contributed by atoms with Crippen molar-refractivity contribution in [3.63, 3.8) is 0 Å². The molecule has 0 fully saturated rings. The Morgan fingerprint density at radius 2 is 1.76 bits per heavy atom. The summed E-state index contributed by atoms with van der Waals surface area (Å²) in [7, 11) is -3.86. The van der Waals surface area contributed by atoms with Crippen molar-refractivity contribution in [1.82, 2.24) is 4.72 Å². The number of hydrogen-bond donors (Lipinski definition) is 1. The van der Waals surface area contributed by atoms with Gasteiger partial charge in [-0.3, -0.25) is 0 Å². The number of sulfonamides is 1. The summed E-state index contributed by atoms with van der Waals surface area (Å²) in [5.74, 6) is -0.0765. The van der Waals surface area contributed by atoms with Gasteiger partial charge in [0.2, 0.25) is 10.0 Å². The molecule has 0 aliphatic rings. The predicted octanol–water partition coefficient (Wildman–Crippen LogP) is 2.49. The van der Waals surface area contributed by atoms with Crippen LogP contribution in [0.2, 0.25) is 0 Å². The van der Waals surface area contributed by atoms with E-state index in [0.717, 1.165) is 11.6 Å². The van der Waals surface area contributed by atoms with Gasteiger partial charge in [0.15, 0.2) is 0 Å². The molecule has 0 spiro atoms. The lowest BCUT2D eigenvalue weighted by Crippen LogP contribution is -2.29. The van der Waals surface area contributed by atoms with Gasteiger partial charge in [-0.2, -0.15) is 0 Å². The van der Waals surface area contributed by atoms with Gasteiger partial charge in [-0.05, 0) is 30.7 Å². The Morgan fingerprint density at radius 3 is 2.48 bits per heavy atom. The molecule has 0 saturated carbocycles. The Bertz CT molecular complexity index is 716. The molecule has 1 N–H and O–H groups in total. The normalized spacial score (nSPS) is 11.3. The maximum absolute atomic E-state index is 13.5. The lowest BCUT2D eigenvalue weighted by molar-refractivity contribution is 0.320. The smallest absolute Gasteiger partial charge is 0.243 e. The first-order chi connectivity index (χ1) is 10.0. The second kappa shape index (κ2) is 6.69. The van der Waals surface area contributed by atoms with Crippen LogP contribution in [0.4, 0.5) is 4.39 Å². The summed E-state index contributed by atoms with van der Waals surface area (Å²) in [4.78, 5) is -0.360. The van der Waals surface area contributed by atoms with Crippen LogP contribution in [0.5, 0.6) is 5.75 Å². The van der Waals surface area contributed by atoms with Crippen LogP contribution in [0.1, 0.15) is 5.56 Å². The Hall–Kier alpha value is -1.92. The molecule has 21 heavy (non-hydrogen) atoms. The minimum atomic E-state index is -3.86. The summed E-state index contributed by atoms with van der Waals surface area (Å²) in [6, 6.07) is 12.7. The van der Waals surface area contributed by atoms with Crippen LogP contribution >= 0.6 is 0 Å². The van der Waals surface area contributed by atoms with Crippen LogP contribution in [-0.4, -0.2) is 21.6 Å². The van der Waals surface area contributed by atoms with Crippen molar-refractivity contribution in [1.29, 1.82) is 0 Å². The van der Waals surface area contributed by atoms with Crippen LogP contribution in [-0.2, 0) is 10.0 Å². The second-order valence-corrected chi connectivity index (χ2v) is 6.18. The number of nitrogens with one attached hydrogen (secondary N) is 1. The molecular weight excluding hydrogens is 293 g/mol. The van der Waals surface area contributed by atoms with Crippen LogP contribution in [0, 0.1) is 12.7 Å². The highest BCUT2D eigenvalue weighted by Gasteiger charge is 2.17. The van der Waals surface area contributed by atoms with Gasteiger partial charge >= 0.3 is 0 Å². The molecule has 2 aromatic rings. The monoisotopic (exact) mass is 309 g/mol. The van der Waals surface area contributed by atoms with E-state index in [1.165, 1.54) is 18.2 Å². The van der Waals surface area contributed by atoms with Crippen molar-refractivity contribution in [2.45, 2.75) is 11.8 Å². The molecule has 0 amide bonds. The highest BCUT2D eigenvalue weighted by molar-refractivity contribution is 7.89. The average molecular weight is 309 g/mol. The first-order valence-corrected chi connectivity index (χ1v) is 7.91. The molecule has 0 saturated heterocycles. The highest BCUT2D eigenvalue weighted by Crippen LogP contribution is 2.16. The van der Waals surface area contributed by atoms with E-state index in [9.17, 15) is 12.8 Å². The number of ether oxygens (including phenoxy) is 1. The number of para-hydroxylation sites is 1. The number of benzene rings is 2. The van der Waals surface area contributed by atoms with Gasteiger partial charge in [0.25, 0.3) is 0 Å². The fourth-order valence-electron chi connectivity index (χ4n) is 1.80. The summed E-state index contributed by atoms with van der Waals surface area (Å²) in [6.45, 7) is 2.13. The standard InChI is InChI=1S/C15H16FNO3S/c1-12-6-2-4-8-14(12)20-11-10-17-21(18,19)15-9-5-3-7-13(15)16/h2-9,17H,10-11H2,1H3. The van der Waals surface area contributed by atoms with Crippen LogP contribution < -0.4 is 9.46 Å². The van der Waals surface area contributed by atoms with E-state index in [4.69, 9.17) is 4.74 Å². The Kier molecular flexibility index (Phi) is 4.93. The average Bonchev–Trinajstić information content (AvgIpc) is 2.45. The fourth-order valence-corrected chi connectivity index (χ4v) is 2.89. The van der Waals surface area contributed by atoms with Gasteiger partial charge in [-0.25, -0.2) is 17.5 Å². The van der Waals surface area contributed by atoms with Crippen molar-refractivity contribution in [3.8, 4) is 5.75 Å². The third-order valence-electron chi connectivity index (χ3n) is 2.87. The minimum absolute atomic E-state index is 0.0605. The lowest BCUT2D eigenvalue weighted by Gasteiger charge is -2.10. The van der Waals surface area contributed by atoms with Crippen molar-refractivity contribution in [2.75, 3.05) is 13.2 Å². The Balaban J connectivity index is 1.92. The zero-order valence-electron chi connectivity index (χ0n) is 11.5. The molecule has 6 heteroatoms. The SMILES string of the molecule is Cc1ccccc1OCCNS(=O)(=O)c1ccccc1F. The van der Waals surface area contributed by atoms with E-state index in [2.05, 4.69) is 4.72 Å². The van der Waals surface area contributed by atoms with Crippen LogP contribution in [0.3, 0.4) is 0 Å². The topological polar surface area (TPSA) is 55.4 Å². The zero-order chi connectivity index (χ0) is 15.3. The van der Waals surface area contributed by atoms with E-state index < -0.39 is 15.8 Å². The molecule has 2 rings (SSSR count). The third kappa shape index (κ3) is 4.03. The minimum Gasteiger partial charge on any atom is -0.492 e. The van der Waals surface area contributed by atoms with Crippen molar-refractivity contribution in [3.05, 3.63) is 59.9 Å². The lowest BCUT2D eigenvalue weighted by atomic mass is 10.2. The summed E-state index contributed by atoms with van der Waals surface area (Å²) >= 11 is 0. The van der Waals surface area contributed by atoms with E-state index in [1.54, 1.807) is 6.07 Å².